The zero-order valence-electron chi connectivity index (χ0n) is 10.4. The van der Waals surface area contributed by atoms with Gasteiger partial charge in [-0.15, -0.1) is 0 Å². The van der Waals surface area contributed by atoms with E-state index in [1.54, 1.807) is 36.4 Å². The van der Waals surface area contributed by atoms with Gasteiger partial charge in [-0.05, 0) is 17.7 Å². The van der Waals surface area contributed by atoms with E-state index >= 15 is 0 Å². The Morgan fingerprint density at radius 3 is 2.30 bits per heavy atom. The molecule has 0 radical (unpaired) electrons. The molecule has 1 saturated heterocycles. The van der Waals surface area contributed by atoms with Gasteiger partial charge in [0.15, 0.2) is 11.9 Å². The van der Waals surface area contributed by atoms with E-state index in [1.807, 2.05) is 6.07 Å². The summed E-state index contributed by atoms with van der Waals surface area (Å²) in [6.45, 7) is 0. The number of nitro benzene ring substituents is 1. The number of epoxide rings is 1. The summed E-state index contributed by atoms with van der Waals surface area (Å²) in [6, 6.07) is 15.0. The van der Waals surface area contributed by atoms with E-state index in [2.05, 4.69) is 0 Å². The molecule has 0 spiro atoms. The van der Waals surface area contributed by atoms with Crippen LogP contribution in [0.3, 0.4) is 0 Å². The summed E-state index contributed by atoms with van der Waals surface area (Å²) in [7, 11) is 0. The molecule has 5 heteroatoms. The Labute approximate surface area is 115 Å². The Bertz CT molecular complexity index is 651. The maximum absolute atomic E-state index is 12.1. The molecule has 0 bridgehead atoms. The number of ether oxygens (including phenoxy) is 1. The molecule has 1 fully saturated rings. The van der Waals surface area contributed by atoms with Gasteiger partial charge in [0.05, 0.1) is 4.92 Å². The average Bonchev–Trinajstić information content (AvgIpc) is 3.28. The fourth-order valence-electron chi connectivity index (χ4n) is 2.12. The maximum atomic E-state index is 12.1. The molecule has 20 heavy (non-hydrogen) atoms. The van der Waals surface area contributed by atoms with Crippen molar-refractivity contribution in [1.82, 2.24) is 0 Å². The quantitative estimate of drug-likeness (QED) is 0.370. The third-order valence-corrected chi connectivity index (χ3v) is 3.24. The van der Waals surface area contributed by atoms with Gasteiger partial charge in [-0.3, -0.25) is 14.9 Å². The third kappa shape index (κ3) is 2.31. The summed E-state index contributed by atoms with van der Waals surface area (Å²) >= 11 is 0. The van der Waals surface area contributed by atoms with Crippen molar-refractivity contribution in [3.05, 3.63) is 75.8 Å². The number of rotatable bonds is 4. The Morgan fingerprint density at radius 2 is 1.70 bits per heavy atom. The summed E-state index contributed by atoms with van der Waals surface area (Å²) in [5.41, 5.74) is 1.42. The SMILES string of the molecule is O=C(c1ccccc1)[C@H]1O[C@@H]1c1ccc([N+](=O)[O-])cc1. The largest absolute Gasteiger partial charge is 0.356 e. The molecule has 5 nitrogen and oxygen atoms in total. The highest BCUT2D eigenvalue weighted by atomic mass is 16.6. The van der Waals surface area contributed by atoms with Crippen LogP contribution < -0.4 is 0 Å². The summed E-state index contributed by atoms with van der Waals surface area (Å²) in [6.07, 6.45) is -0.789. The predicted octanol–water partition coefficient (Wildman–Crippen LogP) is 2.92. The van der Waals surface area contributed by atoms with Gasteiger partial charge in [-0.2, -0.15) is 0 Å². The van der Waals surface area contributed by atoms with Crippen LogP contribution in [0.1, 0.15) is 22.0 Å². The Balaban J connectivity index is 1.73. The van der Waals surface area contributed by atoms with Gasteiger partial charge in [0.25, 0.3) is 5.69 Å². The van der Waals surface area contributed by atoms with Crippen LogP contribution in [-0.4, -0.2) is 16.8 Å². The fourth-order valence-corrected chi connectivity index (χ4v) is 2.12. The number of benzene rings is 2. The van der Waals surface area contributed by atoms with Gasteiger partial charge in [0.2, 0.25) is 0 Å². The van der Waals surface area contributed by atoms with E-state index in [4.69, 9.17) is 4.74 Å². The molecule has 0 aliphatic carbocycles. The lowest BCUT2D eigenvalue weighted by molar-refractivity contribution is -0.384. The predicted molar refractivity (Wildman–Crippen MR) is 71.5 cm³/mol. The van der Waals surface area contributed by atoms with Crippen molar-refractivity contribution in [3.63, 3.8) is 0 Å². The maximum Gasteiger partial charge on any atom is 0.269 e. The lowest BCUT2D eigenvalue weighted by Crippen LogP contribution is -2.07. The van der Waals surface area contributed by atoms with Crippen LogP contribution >= 0.6 is 0 Å². The van der Waals surface area contributed by atoms with Gasteiger partial charge in [-0.25, -0.2) is 0 Å². The smallest absolute Gasteiger partial charge is 0.269 e. The Morgan fingerprint density at radius 1 is 1.05 bits per heavy atom. The minimum Gasteiger partial charge on any atom is -0.356 e. The summed E-state index contributed by atoms with van der Waals surface area (Å²) in [4.78, 5) is 22.3. The summed E-state index contributed by atoms with van der Waals surface area (Å²) in [5.74, 6) is -0.0612. The molecule has 0 saturated carbocycles. The van der Waals surface area contributed by atoms with Gasteiger partial charge < -0.3 is 4.74 Å². The van der Waals surface area contributed by atoms with Crippen molar-refractivity contribution < 1.29 is 14.5 Å². The Hall–Kier alpha value is -2.53. The summed E-state index contributed by atoms with van der Waals surface area (Å²) in [5, 5.41) is 10.6. The van der Waals surface area contributed by atoms with Crippen molar-refractivity contribution in [3.8, 4) is 0 Å². The number of ketones is 1. The highest BCUT2D eigenvalue weighted by Gasteiger charge is 2.46. The molecule has 1 aliphatic heterocycles. The molecule has 3 rings (SSSR count). The van der Waals surface area contributed by atoms with E-state index in [9.17, 15) is 14.9 Å². The molecule has 2 aromatic rings. The second kappa shape index (κ2) is 4.86. The highest BCUT2D eigenvalue weighted by molar-refractivity contribution is 6.01. The standard InChI is InChI=1S/C15H11NO4/c17-13(10-4-2-1-3-5-10)15-14(20-15)11-6-8-12(9-7-11)16(18)19/h1-9,14-15H/t14-,15-/m1/s1. The number of hydrogen-bond donors (Lipinski definition) is 0. The van der Waals surface area contributed by atoms with Crippen LogP contribution in [0.4, 0.5) is 5.69 Å². The van der Waals surface area contributed by atoms with E-state index in [0.717, 1.165) is 5.56 Å². The molecule has 100 valence electrons. The summed E-state index contributed by atoms with van der Waals surface area (Å²) < 4.78 is 5.40. The first-order valence-electron chi connectivity index (χ1n) is 6.16. The number of hydrogen-bond acceptors (Lipinski definition) is 4. The average molecular weight is 269 g/mol. The normalized spacial score (nSPS) is 20.4. The number of carbonyl (C=O) groups is 1. The first-order valence-corrected chi connectivity index (χ1v) is 6.16. The molecule has 1 heterocycles. The first kappa shape index (κ1) is 12.5. The number of carbonyl (C=O) groups excluding carboxylic acids is 1. The second-order valence-corrected chi connectivity index (χ2v) is 4.56. The van der Waals surface area contributed by atoms with Crippen molar-refractivity contribution in [1.29, 1.82) is 0 Å². The molecule has 1 aliphatic rings. The number of nitrogens with zero attached hydrogens (tertiary/aromatic N) is 1. The van der Waals surface area contributed by atoms with Crippen molar-refractivity contribution in [2.45, 2.75) is 12.2 Å². The van der Waals surface area contributed by atoms with E-state index < -0.39 is 11.0 Å². The monoisotopic (exact) mass is 269 g/mol. The molecule has 0 amide bonds. The molecular formula is C15H11NO4. The molecule has 0 unspecified atom stereocenters. The highest BCUT2D eigenvalue weighted by Crippen LogP contribution is 2.40. The molecular weight excluding hydrogens is 258 g/mol. The van der Waals surface area contributed by atoms with Gasteiger partial charge in [-0.1, -0.05) is 30.3 Å². The Kier molecular flexibility index (Phi) is 3.04. The van der Waals surface area contributed by atoms with Crippen LogP contribution in [0.2, 0.25) is 0 Å². The van der Waals surface area contributed by atoms with Gasteiger partial charge in [0, 0.05) is 17.7 Å². The van der Waals surface area contributed by atoms with Gasteiger partial charge >= 0.3 is 0 Å². The number of Topliss-reactive ketones (excluding diaryl/α,β-unsaturated/α-hetero) is 1. The number of nitro groups is 1. The van der Waals surface area contributed by atoms with E-state index in [0.29, 0.717) is 5.56 Å². The minimum atomic E-state index is -0.487. The molecule has 2 atom stereocenters. The van der Waals surface area contributed by atoms with Crippen molar-refractivity contribution in [2.75, 3.05) is 0 Å². The zero-order valence-corrected chi connectivity index (χ0v) is 10.4. The van der Waals surface area contributed by atoms with Crippen LogP contribution in [0, 0.1) is 10.1 Å². The third-order valence-electron chi connectivity index (χ3n) is 3.24. The fraction of sp³-hybridized carbons (Fsp3) is 0.133. The molecule has 0 N–H and O–H groups in total. The minimum absolute atomic E-state index is 0.0281. The second-order valence-electron chi connectivity index (χ2n) is 4.56. The lowest BCUT2D eigenvalue weighted by Gasteiger charge is -1.97. The van der Waals surface area contributed by atoms with Crippen molar-refractivity contribution >= 4 is 11.5 Å². The zero-order chi connectivity index (χ0) is 14.1. The lowest BCUT2D eigenvalue weighted by atomic mass is 10.0. The molecule has 2 aromatic carbocycles. The number of non-ortho nitro benzene ring substituents is 1. The van der Waals surface area contributed by atoms with Crippen LogP contribution in [0.5, 0.6) is 0 Å². The van der Waals surface area contributed by atoms with Crippen LogP contribution in [0.25, 0.3) is 0 Å². The topological polar surface area (TPSA) is 72.7 Å². The van der Waals surface area contributed by atoms with Crippen LogP contribution in [0.15, 0.2) is 54.6 Å². The van der Waals surface area contributed by atoms with Gasteiger partial charge in [0.1, 0.15) is 6.10 Å². The van der Waals surface area contributed by atoms with E-state index in [1.165, 1.54) is 12.1 Å². The first-order chi connectivity index (χ1) is 9.66. The molecule has 0 aromatic heterocycles. The van der Waals surface area contributed by atoms with E-state index in [-0.39, 0.29) is 17.6 Å². The van der Waals surface area contributed by atoms with Crippen molar-refractivity contribution in [2.24, 2.45) is 0 Å². The van der Waals surface area contributed by atoms with Crippen LogP contribution in [-0.2, 0) is 4.74 Å².